The third-order valence-electron chi connectivity index (χ3n) is 2.46. The fourth-order valence-corrected chi connectivity index (χ4v) is 2.58. The highest BCUT2D eigenvalue weighted by Gasteiger charge is 2.13. The van der Waals surface area contributed by atoms with E-state index in [1.807, 2.05) is 0 Å². The number of pyridine rings is 1. The lowest BCUT2D eigenvalue weighted by molar-refractivity contribution is 0.0950. The highest BCUT2D eigenvalue weighted by Crippen LogP contribution is 2.40. The molecule has 6 nitrogen and oxygen atoms in total. The van der Waals surface area contributed by atoms with Crippen LogP contribution in [-0.2, 0) is 0 Å². The number of carbonyl (C=O) groups excluding carboxylic acids is 1. The normalized spacial score (nSPS) is 10.8. The highest BCUT2D eigenvalue weighted by molar-refractivity contribution is 9.11. The summed E-state index contributed by atoms with van der Waals surface area (Å²) in [6, 6.07) is 6.40. The Morgan fingerprint density at radius 2 is 2.05 bits per heavy atom. The molecular weight excluding hydrogens is 406 g/mol. The molecule has 1 aromatic carbocycles. The first-order valence-electron chi connectivity index (χ1n) is 5.65. The molecule has 2 rings (SSSR count). The van der Waals surface area contributed by atoms with Gasteiger partial charge < -0.3 is 10.2 Å². The first-order chi connectivity index (χ1) is 10.0. The van der Waals surface area contributed by atoms with Gasteiger partial charge in [-0.25, -0.2) is 5.43 Å². The second-order valence-electron chi connectivity index (χ2n) is 3.87. The van der Waals surface area contributed by atoms with E-state index in [1.165, 1.54) is 18.5 Å². The van der Waals surface area contributed by atoms with E-state index in [2.05, 4.69) is 47.4 Å². The molecule has 1 amide bonds. The Kier molecular flexibility index (Phi) is 4.92. The molecule has 1 heterocycles. The summed E-state index contributed by atoms with van der Waals surface area (Å²) in [6.07, 6.45) is 2.75. The van der Waals surface area contributed by atoms with Crippen LogP contribution in [0, 0.1) is 0 Å². The second kappa shape index (κ2) is 6.68. The Morgan fingerprint density at radius 1 is 1.29 bits per heavy atom. The van der Waals surface area contributed by atoms with Gasteiger partial charge in [0.2, 0.25) is 0 Å². The lowest BCUT2D eigenvalue weighted by Gasteiger charge is -2.06. The van der Waals surface area contributed by atoms with Crippen molar-refractivity contribution in [2.75, 3.05) is 0 Å². The smallest absolute Gasteiger partial charge is 0.289 e. The Bertz CT molecular complexity index is 706. The van der Waals surface area contributed by atoms with Gasteiger partial charge in [-0.2, -0.15) is 5.10 Å². The largest absolute Gasteiger partial charge is 0.506 e. The van der Waals surface area contributed by atoms with Crippen LogP contribution < -0.4 is 5.43 Å². The number of nitrogens with one attached hydrogen (secondary N) is 1. The van der Waals surface area contributed by atoms with Crippen molar-refractivity contribution in [2.45, 2.75) is 0 Å². The minimum atomic E-state index is -0.469. The molecule has 0 radical (unpaired) electrons. The van der Waals surface area contributed by atoms with Crippen molar-refractivity contribution in [3.8, 4) is 11.5 Å². The van der Waals surface area contributed by atoms with Crippen molar-refractivity contribution in [3.63, 3.8) is 0 Å². The maximum Gasteiger partial charge on any atom is 0.289 e. The van der Waals surface area contributed by atoms with Gasteiger partial charge in [0.15, 0.2) is 0 Å². The molecule has 0 atom stereocenters. The van der Waals surface area contributed by atoms with Crippen LogP contribution in [-0.4, -0.2) is 27.3 Å². The maximum atomic E-state index is 11.7. The van der Waals surface area contributed by atoms with E-state index in [4.69, 9.17) is 0 Å². The predicted octanol–water partition coefficient (Wildman–Crippen LogP) is 2.78. The minimum Gasteiger partial charge on any atom is -0.506 e. The molecule has 0 fully saturated rings. The second-order valence-corrected chi connectivity index (χ2v) is 5.52. The zero-order chi connectivity index (χ0) is 15.4. The van der Waals surface area contributed by atoms with Crippen molar-refractivity contribution in [2.24, 2.45) is 5.10 Å². The molecule has 0 saturated heterocycles. The summed E-state index contributed by atoms with van der Waals surface area (Å²) >= 11 is 6.19. The molecule has 2 aromatic rings. The molecule has 8 heteroatoms. The number of benzene rings is 1. The predicted molar refractivity (Wildman–Crippen MR) is 84.5 cm³/mol. The van der Waals surface area contributed by atoms with E-state index in [0.717, 1.165) is 0 Å². The first kappa shape index (κ1) is 15.5. The summed E-state index contributed by atoms with van der Waals surface area (Å²) in [5.41, 5.74) is 2.83. The van der Waals surface area contributed by atoms with Crippen LogP contribution in [0.3, 0.4) is 0 Å². The molecule has 1 aromatic heterocycles. The van der Waals surface area contributed by atoms with E-state index in [-0.39, 0.29) is 21.7 Å². The van der Waals surface area contributed by atoms with Gasteiger partial charge in [-0.05, 0) is 50.1 Å². The SMILES string of the molecule is O=C(N/N=C/c1cc(Br)c(O)c(Br)c1O)c1ccccn1. The van der Waals surface area contributed by atoms with E-state index in [0.29, 0.717) is 10.0 Å². The van der Waals surface area contributed by atoms with Crippen LogP contribution in [0.2, 0.25) is 0 Å². The molecule has 21 heavy (non-hydrogen) atoms. The summed E-state index contributed by atoms with van der Waals surface area (Å²) in [7, 11) is 0. The number of phenols is 2. The molecule has 0 aliphatic heterocycles. The van der Waals surface area contributed by atoms with Crippen LogP contribution in [0.1, 0.15) is 16.1 Å². The van der Waals surface area contributed by atoms with Gasteiger partial charge in [0.25, 0.3) is 5.91 Å². The molecule has 0 spiro atoms. The average molecular weight is 415 g/mol. The number of hydrogen-bond donors (Lipinski definition) is 3. The van der Waals surface area contributed by atoms with Crippen molar-refractivity contribution < 1.29 is 15.0 Å². The van der Waals surface area contributed by atoms with E-state index in [1.54, 1.807) is 18.2 Å². The molecular formula is C13H9Br2N3O3. The molecule has 0 bridgehead atoms. The Hall–Kier alpha value is -1.93. The van der Waals surface area contributed by atoms with Crippen molar-refractivity contribution in [3.05, 3.63) is 50.7 Å². The third-order valence-corrected chi connectivity index (χ3v) is 3.82. The van der Waals surface area contributed by atoms with E-state index >= 15 is 0 Å². The standard InChI is InChI=1S/C13H9Br2N3O3/c14-8-5-7(11(19)10(15)12(8)20)6-17-18-13(21)9-3-1-2-4-16-9/h1-6,19-20H,(H,18,21)/b17-6+. The Morgan fingerprint density at radius 3 is 2.71 bits per heavy atom. The lowest BCUT2D eigenvalue weighted by Crippen LogP contribution is -2.18. The van der Waals surface area contributed by atoms with Crippen molar-refractivity contribution in [1.82, 2.24) is 10.4 Å². The number of hydrazone groups is 1. The minimum absolute atomic E-state index is 0.123. The van der Waals surface area contributed by atoms with Gasteiger partial charge in [0.05, 0.1) is 10.7 Å². The number of amides is 1. The fourth-order valence-electron chi connectivity index (χ4n) is 1.43. The average Bonchev–Trinajstić information content (AvgIpc) is 2.51. The van der Waals surface area contributed by atoms with Crippen LogP contribution in [0.5, 0.6) is 11.5 Å². The quantitative estimate of drug-likeness (QED) is 0.531. The van der Waals surface area contributed by atoms with Gasteiger partial charge in [0, 0.05) is 11.8 Å². The van der Waals surface area contributed by atoms with E-state index < -0.39 is 5.91 Å². The summed E-state index contributed by atoms with van der Waals surface area (Å²) in [6.45, 7) is 0. The van der Waals surface area contributed by atoms with Gasteiger partial charge in [-0.1, -0.05) is 6.07 Å². The Labute approximate surface area is 136 Å². The molecule has 0 aliphatic carbocycles. The number of rotatable bonds is 3. The number of halogens is 2. The zero-order valence-electron chi connectivity index (χ0n) is 10.4. The summed E-state index contributed by atoms with van der Waals surface area (Å²) in [5, 5.41) is 23.2. The van der Waals surface area contributed by atoms with Crippen LogP contribution >= 0.6 is 31.9 Å². The number of phenolic OH excluding ortho intramolecular Hbond substituents is 2. The number of aromatic hydroxyl groups is 2. The van der Waals surface area contributed by atoms with Crippen LogP contribution in [0.15, 0.2) is 44.5 Å². The number of carbonyl (C=O) groups is 1. The van der Waals surface area contributed by atoms with E-state index in [9.17, 15) is 15.0 Å². The van der Waals surface area contributed by atoms with Gasteiger partial charge in [-0.3, -0.25) is 9.78 Å². The number of aromatic nitrogens is 1. The zero-order valence-corrected chi connectivity index (χ0v) is 13.6. The number of hydrogen-bond acceptors (Lipinski definition) is 5. The third kappa shape index (κ3) is 3.59. The molecule has 0 unspecified atom stereocenters. The van der Waals surface area contributed by atoms with Crippen LogP contribution in [0.4, 0.5) is 0 Å². The van der Waals surface area contributed by atoms with Gasteiger partial charge >= 0.3 is 0 Å². The number of nitrogens with zero attached hydrogens (tertiary/aromatic N) is 2. The summed E-state index contributed by atoms with van der Waals surface area (Å²) < 4.78 is 0.513. The summed E-state index contributed by atoms with van der Waals surface area (Å²) in [5.74, 6) is -0.781. The van der Waals surface area contributed by atoms with Crippen molar-refractivity contribution >= 4 is 44.0 Å². The fraction of sp³-hybridized carbons (Fsp3) is 0. The van der Waals surface area contributed by atoms with Crippen LogP contribution in [0.25, 0.3) is 0 Å². The molecule has 0 aliphatic rings. The van der Waals surface area contributed by atoms with Gasteiger partial charge in [0.1, 0.15) is 21.7 Å². The van der Waals surface area contributed by atoms with Gasteiger partial charge in [-0.15, -0.1) is 0 Å². The lowest BCUT2D eigenvalue weighted by atomic mass is 10.2. The topological polar surface area (TPSA) is 94.8 Å². The molecule has 3 N–H and O–H groups in total. The monoisotopic (exact) mass is 413 g/mol. The molecule has 0 saturated carbocycles. The molecule has 108 valence electrons. The van der Waals surface area contributed by atoms with Crippen molar-refractivity contribution in [1.29, 1.82) is 0 Å². The first-order valence-corrected chi connectivity index (χ1v) is 7.23. The summed E-state index contributed by atoms with van der Waals surface area (Å²) in [4.78, 5) is 15.6. The highest BCUT2D eigenvalue weighted by atomic mass is 79.9. The Balaban J connectivity index is 2.14. The maximum absolute atomic E-state index is 11.7.